The van der Waals surface area contributed by atoms with Crippen LogP contribution < -0.4 is 5.32 Å². The van der Waals surface area contributed by atoms with Gasteiger partial charge in [-0.05, 0) is 172 Å². The summed E-state index contributed by atoms with van der Waals surface area (Å²) in [6.45, 7) is 12.1. The van der Waals surface area contributed by atoms with Gasteiger partial charge in [-0.3, -0.25) is 4.79 Å². The molecule has 0 spiro atoms. The van der Waals surface area contributed by atoms with Gasteiger partial charge in [-0.2, -0.15) is 0 Å². The first-order chi connectivity index (χ1) is 23.5. The van der Waals surface area contributed by atoms with Crippen LogP contribution in [0.15, 0.2) is 53.6 Å². The van der Waals surface area contributed by atoms with Gasteiger partial charge in [-0.15, -0.1) is 0 Å². The summed E-state index contributed by atoms with van der Waals surface area (Å²) >= 11 is 0. The van der Waals surface area contributed by atoms with E-state index in [0.29, 0.717) is 34.3 Å². The molecule has 1 aromatic carbocycles. The van der Waals surface area contributed by atoms with Crippen molar-refractivity contribution >= 4 is 5.97 Å². The molecule has 0 saturated heterocycles. The van der Waals surface area contributed by atoms with Gasteiger partial charge in [0, 0.05) is 5.54 Å². The smallest absolute Gasteiger partial charge is 0.309 e. The van der Waals surface area contributed by atoms with Crippen molar-refractivity contribution in [2.75, 3.05) is 6.54 Å². The minimum atomic E-state index is -0.376. The molecule has 4 nitrogen and oxygen atoms in total. The monoisotopic (exact) mass is 667 g/mol. The summed E-state index contributed by atoms with van der Waals surface area (Å²) in [7, 11) is 0. The number of fused-ring (bicyclic) bond motifs is 7. The molecule has 0 aromatic heterocycles. The zero-order chi connectivity index (χ0) is 34.1. The number of carbonyl (C=O) groups is 1. The minimum Gasteiger partial charge on any atom is -0.461 e. The largest absolute Gasteiger partial charge is 0.461 e. The summed E-state index contributed by atoms with van der Waals surface area (Å²) in [4.78, 5) is 12.9. The standard InChI is InChI=1S/C45H65NO3/c1-31-35(33-13-15-34(16-14-33)40(47)49-30-32-10-6-5-7-11-32)19-24-41(2)36(31)20-25-43(4)39(41)18-17-37-38-12-8-23-45(38,27-26-42(37,43)3)46-29-28-44(48)21-9-22-44/h5-7,10-11,13,19,31,34,36-39,46,48H,8-9,12,14-18,20-30H2,1-4H3/t31?,34?,36?,37?,38-,39?,41?,42-,43?,45?/m1/s1. The predicted molar refractivity (Wildman–Crippen MR) is 198 cm³/mol. The van der Waals surface area contributed by atoms with E-state index in [-0.39, 0.29) is 17.5 Å². The van der Waals surface area contributed by atoms with Crippen LogP contribution in [0, 0.1) is 51.8 Å². The molecule has 0 heterocycles. The van der Waals surface area contributed by atoms with Gasteiger partial charge in [0.15, 0.2) is 0 Å². The molecule has 1 aromatic rings. The minimum absolute atomic E-state index is 0.0121. The van der Waals surface area contributed by atoms with Crippen LogP contribution in [0.25, 0.3) is 0 Å². The maximum atomic E-state index is 12.9. The molecule has 0 radical (unpaired) electrons. The lowest BCUT2D eigenvalue weighted by Gasteiger charge is -2.71. The fourth-order valence-electron chi connectivity index (χ4n) is 14.1. The number of esters is 1. The zero-order valence-corrected chi connectivity index (χ0v) is 31.2. The third-order valence-corrected chi connectivity index (χ3v) is 17.2. The van der Waals surface area contributed by atoms with Gasteiger partial charge in [0.05, 0.1) is 11.5 Å². The number of rotatable bonds is 8. The molecular weight excluding hydrogens is 602 g/mol. The summed E-state index contributed by atoms with van der Waals surface area (Å²) in [6.07, 6.45) is 25.6. The number of aliphatic hydroxyl groups is 1. The van der Waals surface area contributed by atoms with Gasteiger partial charge in [0.25, 0.3) is 0 Å². The third kappa shape index (κ3) is 5.55. The fourth-order valence-corrected chi connectivity index (χ4v) is 14.1. The number of allylic oxidation sites excluding steroid dienone is 4. The number of hydrogen-bond acceptors (Lipinski definition) is 4. The summed E-state index contributed by atoms with van der Waals surface area (Å²) in [5.74, 6) is 3.71. The van der Waals surface area contributed by atoms with Gasteiger partial charge in [0.1, 0.15) is 6.61 Å². The second kappa shape index (κ2) is 12.6. The Morgan fingerprint density at radius 2 is 1.67 bits per heavy atom. The maximum Gasteiger partial charge on any atom is 0.309 e. The van der Waals surface area contributed by atoms with Crippen LogP contribution in [0.2, 0.25) is 0 Å². The van der Waals surface area contributed by atoms with E-state index in [0.717, 1.165) is 74.3 Å². The molecule has 8 rings (SSSR count). The molecule has 10 atom stereocenters. The van der Waals surface area contributed by atoms with Crippen LogP contribution in [0.1, 0.15) is 142 Å². The van der Waals surface area contributed by atoms with Crippen LogP contribution in [0.5, 0.6) is 0 Å². The van der Waals surface area contributed by atoms with Crippen LogP contribution in [0.3, 0.4) is 0 Å². The van der Waals surface area contributed by atoms with Crippen molar-refractivity contribution in [2.24, 2.45) is 51.8 Å². The molecule has 5 saturated carbocycles. The van der Waals surface area contributed by atoms with Crippen LogP contribution >= 0.6 is 0 Å². The molecule has 4 heteroatoms. The highest BCUT2D eigenvalue weighted by atomic mass is 16.5. The van der Waals surface area contributed by atoms with Crippen molar-refractivity contribution in [1.82, 2.24) is 5.32 Å². The highest BCUT2D eigenvalue weighted by molar-refractivity contribution is 5.73. The lowest BCUT2D eigenvalue weighted by molar-refractivity contribution is -0.212. The van der Waals surface area contributed by atoms with Gasteiger partial charge < -0.3 is 15.2 Å². The van der Waals surface area contributed by atoms with Gasteiger partial charge in [-0.1, -0.05) is 76.6 Å². The Morgan fingerprint density at radius 1 is 0.857 bits per heavy atom. The highest BCUT2D eigenvalue weighted by Crippen LogP contribution is 2.75. The molecular formula is C45H65NO3. The lowest BCUT2D eigenvalue weighted by atomic mass is 9.34. The number of ether oxygens (including phenoxy) is 1. The van der Waals surface area contributed by atoms with Gasteiger partial charge in [-0.25, -0.2) is 0 Å². The Morgan fingerprint density at radius 3 is 2.41 bits per heavy atom. The number of benzene rings is 1. The Kier molecular flexibility index (Phi) is 8.82. The van der Waals surface area contributed by atoms with E-state index in [1.165, 1.54) is 76.2 Å². The number of nitrogens with one attached hydrogen (secondary N) is 1. The summed E-state index contributed by atoms with van der Waals surface area (Å²) in [5, 5.41) is 15.0. The second-order valence-corrected chi connectivity index (χ2v) is 19.1. The Hall–Kier alpha value is -1.91. The Labute approximate surface area is 297 Å². The van der Waals surface area contributed by atoms with Crippen molar-refractivity contribution in [3.63, 3.8) is 0 Å². The Bertz CT molecular complexity index is 1460. The first kappa shape index (κ1) is 34.2. The average molecular weight is 668 g/mol. The van der Waals surface area contributed by atoms with Gasteiger partial charge in [0.2, 0.25) is 0 Å². The SMILES string of the molecule is CC1C(C2=CCC(C(=O)OCc3ccccc3)CC2)=CCC2(C)C1CCC1(C)C2CCC2[C@H]3CCCC3(NCCC3(O)CCC3)CC[C@]21C. The topological polar surface area (TPSA) is 58.6 Å². The van der Waals surface area contributed by atoms with E-state index < -0.39 is 0 Å². The molecule has 49 heavy (non-hydrogen) atoms. The van der Waals surface area contributed by atoms with Crippen LogP contribution in [0.4, 0.5) is 0 Å². The first-order valence-electron chi connectivity index (χ1n) is 20.6. The average Bonchev–Trinajstić information content (AvgIpc) is 3.51. The lowest BCUT2D eigenvalue weighted by Crippen LogP contribution is -2.67. The normalized spacial score (nSPS) is 43.9. The van der Waals surface area contributed by atoms with Gasteiger partial charge >= 0.3 is 5.97 Å². The molecule has 7 aliphatic carbocycles. The van der Waals surface area contributed by atoms with E-state index in [2.05, 4.69) is 45.2 Å². The van der Waals surface area contributed by atoms with E-state index in [1.807, 2.05) is 30.3 Å². The molecule has 7 aliphatic rings. The van der Waals surface area contributed by atoms with Crippen LogP contribution in [-0.2, 0) is 16.1 Å². The fraction of sp³-hybridized carbons (Fsp3) is 0.756. The molecule has 8 unspecified atom stereocenters. The zero-order valence-electron chi connectivity index (χ0n) is 31.2. The van der Waals surface area contributed by atoms with E-state index in [1.54, 1.807) is 5.57 Å². The van der Waals surface area contributed by atoms with Crippen molar-refractivity contribution in [3.05, 3.63) is 59.2 Å². The van der Waals surface area contributed by atoms with Crippen LogP contribution in [-0.4, -0.2) is 28.8 Å². The first-order valence-corrected chi connectivity index (χ1v) is 20.6. The molecule has 268 valence electrons. The molecule has 0 aliphatic heterocycles. The van der Waals surface area contributed by atoms with E-state index in [9.17, 15) is 9.90 Å². The second-order valence-electron chi connectivity index (χ2n) is 19.1. The summed E-state index contributed by atoms with van der Waals surface area (Å²) in [6, 6.07) is 10.0. The molecule has 5 fully saturated rings. The summed E-state index contributed by atoms with van der Waals surface area (Å²) < 4.78 is 5.73. The molecule has 0 amide bonds. The van der Waals surface area contributed by atoms with Crippen molar-refractivity contribution in [1.29, 1.82) is 0 Å². The van der Waals surface area contributed by atoms with E-state index >= 15 is 0 Å². The summed E-state index contributed by atoms with van der Waals surface area (Å²) in [5.41, 5.74) is 5.31. The molecule has 0 bridgehead atoms. The van der Waals surface area contributed by atoms with Crippen molar-refractivity contribution in [2.45, 2.75) is 155 Å². The third-order valence-electron chi connectivity index (χ3n) is 17.2. The molecule has 2 N–H and O–H groups in total. The number of carbonyl (C=O) groups excluding carboxylic acids is 1. The highest BCUT2D eigenvalue weighted by Gasteiger charge is 2.68. The van der Waals surface area contributed by atoms with Crippen molar-refractivity contribution in [3.8, 4) is 0 Å². The maximum absolute atomic E-state index is 12.9. The quantitative estimate of drug-likeness (QED) is 0.271. The van der Waals surface area contributed by atoms with E-state index in [4.69, 9.17) is 4.74 Å². The predicted octanol–water partition coefficient (Wildman–Crippen LogP) is 10.1. The van der Waals surface area contributed by atoms with Crippen molar-refractivity contribution < 1.29 is 14.6 Å². The Balaban J connectivity index is 0.948. The number of hydrogen-bond donors (Lipinski definition) is 2.